The minimum Gasteiger partial charge on any atom is -0.398 e. The Kier molecular flexibility index (Phi) is 3.77. The number of anilines is 2. The van der Waals surface area contributed by atoms with E-state index in [1.54, 1.807) is 11.8 Å². The lowest BCUT2D eigenvalue weighted by Crippen LogP contribution is -2.47. The molecule has 1 saturated heterocycles. The van der Waals surface area contributed by atoms with Crippen molar-refractivity contribution in [3.63, 3.8) is 0 Å². The zero-order valence-corrected chi connectivity index (χ0v) is 12.2. The summed E-state index contributed by atoms with van der Waals surface area (Å²) in [6.07, 6.45) is 1.30. The van der Waals surface area contributed by atoms with Crippen LogP contribution in [0.5, 0.6) is 0 Å². The Morgan fingerprint density at radius 2 is 2.17 bits per heavy atom. The second kappa shape index (κ2) is 5.01. The summed E-state index contributed by atoms with van der Waals surface area (Å²) in [7, 11) is -3.08. The van der Waals surface area contributed by atoms with Crippen LogP contribution in [0.1, 0.15) is 5.56 Å². The van der Waals surface area contributed by atoms with Gasteiger partial charge < -0.3 is 10.6 Å². The van der Waals surface area contributed by atoms with Gasteiger partial charge in [0.15, 0.2) is 9.84 Å². The van der Waals surface area contributed by atoms with E-state index in [9.17, 15) is 8.42 Å². The number of hydrogen-bond acceptors (Lipinski definition) is 5. The smallest absolute Gasteiger partial charge is 0.169 e. The molecule has 0 amide bonds. The van der Waals surface area contributed by atoms with E-state index in [0.29, 0.717) is 11.4 Å². The molecule has 1 aliphatic rings. The van der Waals surface area contributed by atoms with Gasteiger partial charge in [0.2, 0.25) is 0 Å². The van der Waals surface area contributed by atoms with Crippen LogP contribution >= 0.6 is 11.8 Å². The summed E-state index contributed by atoms with van der Waals surface area (Å²) in [5.41, 5.74) is 8.52. The second-order valence-corrected chi connectivity index (χ2v) is 7.95. The van der Waals surface area contributed by atoms with Crippen molar-refractivity contribution in [3.8, 4) is 0 Å². The van der Waals surface area contributed by atoms with Crippen LogP contribution in [0.25, 0.3) is 0 Å². The van der Waals surface area contributed by atoms with E-state index >= 15 is 0 Å². The van der Waals surface area contributed by atoms with Gasteiger partial charge in [-0.05, 0) is 24.6 Å². The lowest BCUT2D eigenvalue weighted by atomic mass is 10.1. The summed E-state index contributed by atoms with van der Waals surface area (Å²) in [5.74, 6) is 1.56. The number of benzene rings is 1. The van der Waals surface area contributed by atoms with Gasteiger partial charge in [-0.3, -0.25) is 0 Å². The molecular formula is C12H18N2O2S2. The zero-order chi connectivity index (χ0) is 13.3. The Morgan fingerprint density at radius 3 is 2.78 bits per heavy atom. The summed E-state index contributed by atoms with van der Waals surface area (Å²) < 4.78 is 23.7. The highest BCUT2D eigenvalue weighted by Crippen LogP contribution is 2.28. The molecule has 0 spiro atoms. The van der Waals surface area contributed by atoms with E-state index < -0.39 is 15.2 Å². The molecule has 0 aromatic heterocycles. The maximum absolute atomic E-state index is 11.8. The van der Waals surface area contributed by atoms with Gasteiger partial charge in [0.05, 0.1) is 0 Å². The molecule has 1 fully saturated rings. The largest absolute Gasteiger partial charge is 0.398 e. The van der Waals surface area contributed by atoms with E-state index in [0.717, 1.165) is 23.5 Å². The van der Waals surface area contributed by atoms with Crippen LogP contribution in [0.3, 0.4) is 0 Å². The minimum atomic E-state index is -3.08. The number of nitrogen functional groups attached to an aromatic ring is 1. The molecule has 0 aliphatic carbocycles. The quantitative estimate of drug-likeness (QED) is 0.835. The molecule has 2 N–H and O–H groups in total. The highest BCUT2D eigenvalue weighted by molar-refractivity contribution is 8.01. The summed E-state index contributed by atoms with van der Waals surface area (Å²) in [5, 5.41) is -0.446. The van der Waals surface area contributed by atoms with Gasteiger partial charge in [-0.2, -0.15) is 11.8 Å². The number of thioether (sulfide) groups is 1. The third kappa shape index (κ3) is 2.75. The molecule has 1 unspecified atom stereocenters. The summed E-state index contributed by atoms with van der Waals surface area (Å²) in [6, 6.07) is 5.75. The first-order chi connectivity index (χ1) is 8.39. The monoisotopic (exact) mass is 286 g/mol. The average molecular weight is 286 g/mol. The molecule has 1 heterocycles. The maximum Gasteiger partial charge on any atom is 0.169 e. The Balaban J connectivity index is 2.37. The molecule has 1 atom stereocenters. The fourth-order valence-electron chi connectivity index (χ4n) is 2.04. The first kappa shape index (κ1) is 13.5. The van der Waals surface area contributed by atoms with Gasteiger partial charge in [-0.1, -0.05) is 6.07 Å². The molecule has 100 valence electrons. The van der Waals surface area contributed by atoms with E-state index in [1.807, 2.05) is 30.0 Å². The molecule has 18 heavy (non-hydrogen) atoms. The first-order valence-electron chi connectivity index (χ1n) is 5.79. The first-order valence-corrected chi connectivity index (χ1v) is 8.90. The average Bonchev–Trinajstić information content (AvgIpc) is 2.32. The van der Waals surface area contributed by atoms with Crippen molar-refractivity contribution < 1.29 is 8.42 Å². The van der Waals surface area contributed by atoms with E-state index in [2.05, 4.69) is 0 Å². The minimum absolute atomic E-state index is 0.446. The topological polar surface area (TPSA) is 63.4 Å². The van der Waals surface area contributed by atoms with Crippen LogP contribution in [0.15, 0.2) is 18.2 Å². The van der Waals surface area contributed by atoms with E-state index in [1.165, 1.54) is 6.26 Å². The molecular weight excluding hydrogens is 268 g/mol. The molecule has 0 radical (unpaired) electrons. The number of aryl methyl sites for hydroxylation is 1. The maximum atomic E-state index is 11.8. The highest BCUT2D eigenvalue weighted by Gasteiger charge is 2.31. The Hall–Kier alpha value is -0.880. The van der Waals surface area contributed by atoms with Gasteiger partial charge in [-0.25, -0.2) is 8.42 Å². The van der Waals surface area contributed by atoms with Crippen molar-refractivity contribution in [2.24, 2.45) is 0 Å². The predicted octanol–water partition coefficient (Wildman–Crippen LogP) is 1.50. The van der Waals surface area contributed by atoms with Crippen LogP contribution in [0.2, 0.25) is 0 Å². The lowest BCUT2D eigenvalue weighted by molar-refractivity contribution is 0.584. The van der Waals surface area contributed by atoms with Gasteiger partial charge in [-0.15, -0.1) is 0 Å². The van der Waals surface area contributed by atoms with Crippen molar-refractivity contribution in [2.45, 2.75) is 12.3 Å². The van der Waals surface area contributed by atoms with Gasteiger partial charge in [0.1, 0.15) is 5.37 Å². The number of hydrogen-bond donors (Lipinski definition) is 1. The number of nitrogens with zero attached hydrogens (tertiary/aromatic N) is 1. The Morgan fingerprint density at radius 1 is 1.44 bits per heavy atom. The zero-order valence-electron chi connectivity index (χ0n) is 10.6. The summed E-state index contributed by atoms with van der Waals surface area (Å²) in [4.78, 5) is 1.95. The Labute approximate surface area is 112 Å². The predicted molar refractivity (Wildman–Crippen MR) is 78.9 cm³/mol. The van der Waals surface area contributed by atoms with E-state index in [4.69, 9.17) is 5.73 Å². The molecule has 0 saturated carbocycles. The van der Waals surface area contributed by atoms with Crippen molar-refractivity contribution in [1.29, 1.82) is 0 Å². The highest BCUT2D eigenvalue weighted by atomic mass is 32.2. The van der Waals surface area contributed by atoms with Crippen LogP contribution < -0.4 is 10.6 Å². The SMILES string of the molecule is Cc1ccc(N2CCSCC2S(C)(=O)=O)cc1N. The standard InChI is InChI=1S/C12H18N2O2S2/c1-9-3-4-10(7-11(9)13)14-5-6-17-8-12(14)18(2,15)16/h3-4,7,12H,5-6,8,13H2,1-2H3. The van der Waals surface area contributed by atoms with Crippen LogP contribution in [0.4, 0.5) is 11.4 Å². The van der Waals surface area contributed by atoms with Crippen LogP contribution in [-0.2, 0) is 9.84 Å². The molecule has 1 aromatic rings. The third-order valence-corrected chi connectivity index (χ3v) is 5.82. The van der Waals surface area contributed by atoms with Crippen molar-refractivity contribution >= 4 is 33.0 Å². The van der Waals surface area contributed by atoms with Crippen molar-refractivity contribution in [2.75, 3.05) is 34.9 Å². The van der Waals surface area contributed by atoms with Crippen molar-refractivity contribution in [1.82, 2.24) is 0 Å². The van der Waals surface area contributed by atoms with Gasteiger partial charge in [0.25, 0.3) is 0 Å². The second-order valence-electron chi connectivity index (χ2n) is 4.59. The molecule has 1 aromatic carbocycles. The van der Waals surface area contributed by atoms with Crippen molar-refractivity contribution in [3.05, 3.63) is 23.8 Å². The lowest BCUT2D eigenvalue weighted by Gasteiger charge is -2.36. The van der Waals surface area contributed by atoms with E-state index in [-0.39, 0.29) is 0 Å². The summed E-state index contributed by atoms with van der Waals surface area (Å²) in [6.45, 7) is 2.68. The number of rotatable bonds is 2. The molecule has 1 aliphatic heterocycles. The molecule has 4 nitrogen and oxygen atoms in total. The fraction of sp³-hybridized carbons (Fsp3) is 0.500. The van der Waals surface area contributed by atoms with Crippen LogP contribution in [0, 0.1) is 6.92 Å². The normalized spacial score (nSPS) is 21.0. The van der Waals surface area contributed by atoms with Gasteiger partial charge in [0, 0.05) is 35.7 Å². The summed E-state index contributed by atoms with van der Waals surface area (Å²) >= 11 is 1.68. The molecule has 2 rings (SSSR count). The number of sulfone groups is 1. The third-order valence-electron chi connectivity index (χ3n) is 3.17. The molecule has 6 heteroatoms. The van der Waals surface area contributed by atoms with Crippen LogP contribution in [-0.4, -0.2) is 38.1 Å². The fourth-order valence-corrected chi connectivity index (χ4v) is 4.88. The number of nitrogens with two attached hydrogens (primary N) is 1. The van der Waals surface area contributed by atoms with Gasteiger partial charge >= 0.3 is 0 Å². The molecule has 0 bridgehead atoms. The Bertz CT molecular complexity index is 543.